The number of para-hydroxylation sites is 1. The second-order valence-corrected chi connectivity index (χ2v) is 5.53. The van der Waals surface area contributed by atoms with Gasteiger partial charge in [-0.1, -0.05) is 41.9 Å². The zero-order valence-corrected chi connectivity index (χ0v) is 11.9. The Morgan fingerprint density at radius 1 is 1.06 bits per heavy atom. The Hall–Kier alpha value is -1.25. The minimum atomic E-state index is 0.815. The SMILES string of the molecule is Clc1ccccc1Cc1cc2cccc(Br)c2[nH]1. The van der Waals surface area contributed by atoms with Crippen LogP contribution < -0.4 is 0 Å². The molecule has 0 fully saturated rings. The van der Waals surface area contributed by atoms with Gasteiger partial charge < -0.3 is 4.98 Å². The van der Waals surface area contributed by atoms with Gasteiger partial charge in [-0.25, -0.2) is 0 Å². The van der Waals surface area contributed by atoms with E-state index in [2.05, 4.69) is 39.1 Å². The van der Waals surface area contributed by atoms with Crippen LogP contribution in [0.2, 0.25) is 5.02 Å². The zero-order valence-electron chi connectivity index (χ0n) is 9.58. The molecular formula is C15H11BrClN. The van der Waals surface area contributed by atoms with Crippen LogP contribution in [-0.4, -0.2) is 4.98 Å². The van der Waals surface area contributed by atoms with Gasteiger partial charge in [-0.15, -0.1) is 0 Å². The number of fused-ring (bicyclic) bond motifs is 1. The maximum atomic E-state index is 6.18. The van der Waals surface area contributed by atoms with Gasteiger partial charge in [0.2, 0.25) is 0 Å². The molecule has 0 aliphatic rings. The molecule has 1 N–H and O–H groups in total. The van der Waals surface area contributed by atoms with E-state index >= 15 is 0 Å². The minimum Gasteiger partial charge on any atom is -0.357 e. The molecule has 1 nitrogen and oxygen atoms in total. The first-order valence-corrected chi connectivity index (χ1v) is 6.90. The monoisotopic (exact) mass is 319 g/mol. The molecule has 18 heavy (non-hydrogen) atoms. The molecule has 0 aliphatic carbocycles. The molecule has 0 atom stereocenters. The molecule has 0 spiro atoms. The summed E-state index contributed by atoms with van der Waals surface area (Å²) in [6.45, 7) is 0. The van der Waals surface area contributed by atoms with Crippen LogP contribution in [0.15, 0.2) is 53.0 Å². The number of rotatable bonds is 2. The minimum absolute atomic E-state index is 0.815. The van der Waals surface area contributed by atoms with Gasteiger partial charge in [-0.3, -0.25) is 0 Å². The summed E-state index contributed by atoms with van der Waals surface area (Å²) in [5, 5.41) is 2.03. The molecule has 3 heteroatoms. The van der Waals surface area contributed by atoms with Crippen LogP contribution in [0.1, 0.15) is 11.3 Å². The number of H-pyrrole nitrogens is 1. The van der Waals surface area contributed by atoms with Crippen molar-refractivity contribution in [3.05, 3.63) is 69.3 Å². The highest BCUT2D eigenvalue weighted by atomic mass is 79.9. The molecule has 3 rings (SSSR count). The zero-order chi connectivity index (χ0) is 12.5. The van der Waals surface area contributed by atoms with E-state index in [0.29, 0.717) is 0 Å². The van der Waals surface area contributed by atoms with Crippen molar-refractivity contribution in [2.45, 2.75) is 6.42 Å². The van der Waals surface area contributed by atoms with Gasteiger partial charge in [-0.05, 0) is 39.7 Å². The van der Waals surface area contributed by atoms with E-state index in [-0.39, 0.29) is 0 Å². The van der Waals surface area contributed by atoms with Gasteiger partial charge >= 0.3 is 0 Å². The first-order chi connectivity index (χ1) is 8.74. The molecule has 0 radical (unpaired) electrons. The van der Waals surface area contributed by atoms with Gasteiger partial charge in [0.15, 0.2) is 0 Å². The lowest BCUT2D eigenvalue weighted by Crippen LogP contribution is -1.88. The number of aromatic amines is 1. The van der Waals surface area contributed by atoms with Crippen molar-refractivity contribution in [3.8, 4) is 0 Å². The van der Waals surface area contributed by atoms with E-state index in [1.807, 2.05) is 30.3 Å². The number of hydrogen-bond donors (Lipinski definition) is 1. The molecule has 0 amide bonds. The summed E-state index contributed by atoms with van der Waals surface area (Å²) in [7, 11) is 0. The average molecular weight is 321 g/mol. The Morgan fingerprint density at radius 2 is 1.89 bits per heavy atom. The molecular weight excluding hydrogens is 310 g/mol. The number of halogens is 2. The van der Waals surface area contributed by atoms with E-state index in [1.165, 1.54) is 11.1 Å². The van der Waals surface area contributed by atoms with Crippen LogP contribution in [0.5, 0.6) is 0 Å². The fourth-order valence-electron chi connectivity index (χ4n) is 2.12. The predicted octanol–water partition coefficient (Wildman–Crippen LogP) is 5.17. The van der Waals surface area contributed by atoms with Crippen molar-refractivity contribution in [2.75, 3.05) is 0 Å². The Balaban J connectivity index is 2.01. The average Bonchev–Trinajstić information content (AvgIpc) is 2.76. The van der Waals surface area contributed by atoms with Gasteiger partial charge in [0.05, 0.1) is 5.52 Å². The van der Waals surface area contributed by atoms with E-state index in [1.54, 1.807) is 0 Å². The van der Waals surface area contributed by atoms with E-state index in [0.717, 1.165) is 27.0 Å². The summed E-state index contributed by atoms with van der Waals surface area (Å²) < 4.78 is 1.09. The largest absolute Gasteiger partial charge is 0.357 e. The van der Waals surface area contributed by atoms with Crippen molar-refractivity contribution in [1.29, 1.82) is 0 Å². The topological polar surface area (TPSA) is 15.8 Å². The highest BCUT2D eigenvalue weighted by Crippen LogP contribution is 2.26. The number of nitrogens with one attached hydrogen (secondary N) is 1. The lowest BCUT2D eigenvalue weighted by molar-refractivity contribution is 1.12. The van der Waals surface area contributed by atoms with Crippen LogP contribution in [0.3, 0.4) is 0 Å². The standard InChI is InChI=1S/C15H11BrClN/c16-13-6-3-5-11-9-12(18-15(11)13)8-10-4-1-2-7-14(10)17/h1-7,9,18H,8H2. The third-order valence-corrected chi connectivity index (χ3v) is 4.03. The van der Waals surface area contributed by atoms with E-state index in [9.17, 15) is 0 Å². The third-order valence-electron chi connectivity index (χ3n) is 3.00. The van der Waals surface area contributed by atoms with Crippen LogP contribution in [-0.2, 0) is 6.42 Å². The van der Waals surface area contributed by atoms with Crippen molar-refractivity contribution in [2.24, 2.45) is 0 Å². The molecule has 1 heterocycles. The maximum absolute atomic E-state index is 6.18. The van der Waals surface area contributed by atoms with E-state index < -0.39 is 0 Å². The van der Waals surface area contributed by atoms with Crippen LogP contribution >= 0.6 is 27.5 Å². The number of hydrogen-bond acceptors (Lipinski definition) is 0. The molecule has 0 aliphatic heterocycles. The summed E-state index contributed by atoms with van der Waals surface area (Å²) >= 11 is 9.73. The molecule has 3 aromatic rings. The molecule has 0 saturated heterocycles. The highest BCUT2D eigenvalue weighted by Gasteiger charge is 2.06. The van der Waals surface area contributed by atoms with Gasteiger partial charge in [0, 0.05) is 27.0 Å². The Kier molecular flexibility index (Phi) is 3.14. The van der Waals surface area contributed by atoms with Gasteiger partial charge in [0.25, 0.3) is 0 Å². The normalized spacial score (nSPS) is 11.0. The van der Waals surface area contributed by atoms with Gasteiger partial charge in [-0.2, -0.15) is 0 Å². The molecule has 2 aromatic carbocycles. The maximum Gasteiger partial charge on any atom is 0.0600 e. The molecule has 0 bridgehead atoms. The smallest absolute Gasteiger partial charge is 0.0600 e. The summed E-state index contributed by atoms with van der Waals surface area (Å²) in [4.78, 5) is 3.43. The van der Waals surface area contributed by atoms with Crippen molar-refractivity contribution >= 4 is 38.4 Å². The summed E-state index contributed by atoms with van der Waals surface area (Å²) in [5.41, 5.74) is 3.45. The van der Waals surface area contributed by atoms with Crippen molar-refractivity contribution in [1.82, 2.24) is 4.98 Å². The van der Waals surface area contributed by atoms with Gasteiger partial charge in [0.1, 0.15) is 0 Å². The second kappa shape index (κ2) is 4.79. The van der Waals surface area contributed by atoms with Crippen molar-refractivity contribution in [3.63, 3.8) is 0 Å². The summed E-state index contributed by atoms with van der Waals surface area (Å²) in [6.07, 6.45) is 0.820. The van der Waals surface area contributed by atoms with Crippen LogP contribution in [0.4, 0.5) is 0 Å². The Labute approximate surface area is 119 Å². The second-order valence-electron chi connectivity index (χ2n) is 4.27. The summed E-state index contributed by atoms with van der Waals surface area (Å²) in [6, 6.07) is 16.3. The fraction of sp³-hybridized carbons (Fsp3) is 0.0667. The highest BCUT2D eigenvalue weighted by molar-refractivity contribution is 9.10. The third kappa shape index (κ3) is 2.18. The lowest BCUT2D eigenvalue weighted by Gasteiger charge is -2.01. The van der Waals surface area contributed by atoms with E-state index in [4.69, 9.17) is 11.6 Å². The Bertz CT molecular complexity index is 703. The Morgan fingerprint density at radius 3 is 2.67 bits per heavy atom. The molecule has 90 valence electrons. The lowest BCUT2D eigenvalue weighted by atomic mass is 10.1. The molecule has 0 unspecified atom stereocenters. The first-order valence-electron chi connectivity index (χ1n) is 5.73. The van der Waals surface area contributed by atoms with Crippen LogP contribution in [0, 0.1) is 0 Å². The molecule has 0 saturated carbocycles. The first kappa shape index (κ1) is 11.8. The fourth-order valence-corrected chi connectivity index (χ4v) is 2.80. The summed E-state index contributed by atoms with van der Waals surface area (Å²) in [5.74, 6) is 0. The van der Waals surface area contributed by atoms with Crippen molar-refractivity contribution < 1.29 is 0 Å². The predicted molar refractivity (Wildman–Crippen MR) is 80.3 cm³/mol. The number of aromatic nitrogens is 1. The molecule has 1 aromatic heterocycles. The quantitative estimate of drug-likeness (QED) is 0.670. The number of benzene rings is 2. The van der Waals surface area contributed by atoms with Crippen LogP contribution in [0.25, 0.3) is 10.9 Å².